The monoisotopic (exact) mass is 256 g/mol. The van der Waals surface area contributed by atoms with Crippen molar-refractivity contribution in [1.82, 2.24) is 0 Å². The van der Waals surface area contributed by atoms with Gasteiger partial charge in [-0.3, -0.25) is 0 Å². The Kier molecular flexibility index (Phi) is 1.65. The van der Waals surface area contributed by atoms with Crippen molar-refractivity contribution in [3.63, 3.8) is 0 Å². The smallest absolute Gasteiger partial charge is 0.101 e. The molecule has 0 N–H and O–H groups in total. The fraction of sp³-hybridized carbons (Fsp3) is 0.778. The molecule has 0 saturated heterocycles. The average Bonchev–Trinajstić information content (AvgIpc) is 2.75. The van der Waals surface area contributed by atoms with Crippen molar-refractivity contribution in [1.29, 1.82) is 0 Å². The summed E-state index contributed by atoms with van der Waals surface area (Å²) < 4.78 is -1.10. The summed E-state index contributed by atoms with van der Waals surface area (Å²) in [6, 6.07) is 0. The Morgan fingerprint density at radius 3 is 1.62 bits per heavy atom. The maximum absolute atomic E-state index is 6.09. The van der Waals surface area contributed by atoms with E-state index >= 15 is 0 Å². The van der Waals surface area contributed by atoms with Gasteiger partial charge < -0.3 is 0 Å². The maximum Gasteiger partial charge on any atom is 0.128 e. The summed E-state index contributed by atoms with van der Waals surface area (Å²) in [5.74, 6) is 1.38. The molecule has 0 amide bonds. The molecule has 0 spiro atoms. The molecule has 0 aromatic heterocycles. The molecule has 0 aromatic carbocycles. The van der Waals surface area contributed by atoms with E-state index in [-0.39, 0.29) is 0 Å². The zero-order valence-corrected chi connectivity index (χ0v) is 9.71. The maximum atomic E-state index is 6.09. The van der Waals surface area contributed by atoms with Gasteiger partial charge in [0.2, 0.25) is 0 Å². The van der Waals surface area contributed by atoms with E-state index in [1.54, 1.807) is 0 Å². The van der Waals surface area contributed by atoms with Crippen LogP contribution in [0.4, 0.5) is 0 Å². The SMILES string of the molecule is ClC1(Cl)[C@@H]2C=C[C@@H]3[C@@H](C[C@H]21)C3(Cl)Cl. The van der Waals surface area contributed by atoms with Crippen molar-refractivity contribution in [2.45, 2.75) is 15.1 Å². The van der Waals surface area contributed by atoms with Crippen molar-refractivity contribution >= 4 is 46.4 Å². The largest absolute Gasteiger partial charge is 0.128 e. The molecule has 4 atom stereocenters. The van der Waals surface area contributed by atoms with E-state index in [2.05, 4.69) is 12.2 Å². The second-order valence-corrected chi connectivity index (χ2v) is 7.12. The van der Waals surface area contributed by atoms with Crippen LogP contribution in [0.15, 0.2) is 12.2 Å². The van der Waals surface area contributed by atoms with Gasteiger partial charge in [-0.25, -0.2) is 0 Å². The van der Waals surface area contributed by atoms with E-state index in [9.17, 15) is 0 Å². The minimum Gasteiger partial charge on any atom is -0.101 e. The van der Waals surface area contributed by atoms with Gasteiger partial charge in [0.1, 0.15) is 8.67 Å². The van der Waals surface area contributed by atoms with E-state index in [0.717, 1.165) is 6.42 Å². The Hall–Kier alpha value is 0.900. The van der Waals surface area contributed by atoms with Crippen LogP contribution in [0.3, 0.4) is 0 Å². The van der Waals surface area contributed by atoms with Crippen molar-refractivity contribution in [3.05, 3.63) is 12.2 Å². The molecule has 0 nitrogen and oxygen atoms in total. The molecule has 0 aromatic rings. The molecule has 13 heavy (non-hydrogen) atoms. The van der Waals surface area contributed by atoms with Crippen molar-refractivity contribution in [2.24, 2.45) is 23.7 Å². The molecular formula is C9H8Cl4. The highest BCUT2D eigenvalue weighted by molar-refractivity contribution is 6.52. The normalized spacial score (nSPS) is 53.2. The van der Waals surface area contributed by atoms with Gasteiger partial charge in [0.05, 0.1) is 0 Å². The first-order valence-electron chi connectivity index (χ1n) is 4.39. The van der Waals surface area contributed by atoms with E-state index < -0.39 is 8.67 Å². The van der Waals surface area contributed by atoms with Gasteiger partial charge >= 0.3 is 0 Å². The van der Waals surface area contributed by atoms with Crippen molar-refractivity contribution in [2.75, 3.05) is 0 Å². The molecule has 2 saturated carbocycles. The summed E-state index contributed by atoms with van der Waals surface area (Å²) in [4.78, 5) is 0. The number of hydrogen-bond acceptors (Lipinski definition) is 0. The summed E-state index contributed by atoms with van der Waals surface area (Å²) in [6.07, 6.45) is 5.13. The summed E-state index contributed by atoms with van der Waals surface area (Å²) in [5, 5.41) is 0. The highest BCUT2D eigenvalue weighted by Crippen LogP contribution is 2.72. The van der Waals surface area contributed by atoms with Crippen LogP contribution in [0.5, 0.6) is 0 Å². The summed E-state index contributed by atoms with van der Waals surface area (Å²) >= 11 is 24.4. The number of rotatable bonds is 0. The lowest BCUT2D eigenvalue weighted by Gasteiger charge is -1.98. The lowest BCUT2D eigenvalue weighted by molar-refractivity contribution is 0.614. The highest BCUT2D eigenvalue weighted by atomic mass is 35.5. The lowest BCUT2D eigenvalue weighted by atomic mass is 10.2. The van der Waals surface area contributed by atoms with Crippen LogP contribution >= 0.6 is 46.4 Å². The Balaban J connectivity index is 1.86. The molecule has 72 valence electrons. The number of hydrogen-bond donors (Lipinski definition) is 0. The molecule has 0 unspecified atom stereocenters. The standard InChI is InChI=1S/C9H8Cl4/c10-8(11)4-1-2-5-7(3-6(4)8)9(5,12)13/h1-2,4-7H,3H2/t4-,5-,6-,7-/m1/s1. The molecule has 3 aliphatic carbocycles. The molecular weight excluding hydrogens is 250 g/mol. The molecule has 0 heterocycles. The molecule has 3 aliphatic rings. The molecule has 0 radical (unpaired) electrons. The van der Waals surface area contributed by atoms with Crippen molar-refractivity contribution < 1.29 is 0 Å². The molecule has 4 heteroatoms. The first-order valence-corrected chi connectivity index (χ1v) is 5.91. The first kappa shape index (κ1) is 9.15. The van der Waals surface area contributed by atoms with Gasteiger partial charge in [0.15, 0.2) is 0 Å². The topological polar surface area (TPSA) is 0 Å². The van der Waals surface area contributed by atoms with Crippen molar-refractivity contribution in [3.8, 4) is 0 Å². The van der Waals surface area contributed by atoms with Crippen LogP contribution in [0.1, 0.15) is 6.42 Å². The molecule has 0 bridgehead atoms. The summed E-state index contributed by atoms with van der Waals surface area (Å²) in [7, 11) is 0. The third-order valence-electron chi connectivity index (χ3n) is 3.56. The highest BCUT2D eigenvalue weighted by Gasteiger charge is 2.71. The van der Waals surface area contributed by atoms with E-state index in [0.29, 0.717) is 23.7 Å². The molecule has 3 rings (SSSR count). The fourth-order valence-electron chi connectivity index (χ4n) is 2.48. The number of allylic oxidation sites excluding steroid dienone is 2. The Morgan fingerprint density at radius 1 is 0.846 bits per heavy atom. The van der Waals surface area contributed by atoms with E-state index in [1.165, 1.54) is 0 Å². The van der Waals surface area contributed by atoms with Crippen LogP contribution in [0.25, 0.3) is 0 Å². The van der Waals surface area contributed by atoms with Crippen LogP contribution in [-0.2, 0) is 0 Å². The van der Waals surface area contributed by atoms with Gasteiger partial charge in [-0.05, 0) is 6.42 Å². The Labute approximate surface area is 97.2 Å². The third-order valence-corrected chi connectivity index (χ3v) is 5.69. The minimum absolute atomic E-state index is 0.327. The number of alkyl halides is 4. The Morgan fingerprint density at radius 2 is 1.23 bits per heavy atom. The van der Waals surface area contributed by atoms with Gasteiger partial charge in [-0.15, -0.1) is 46.4 Å². The predicted octanol–water partition coefficient (Wildman–Crippen LogP) is 3.79. The van der Waals surface area contributed by atoms with Gasteiger partial charge in [0.25, 0.3) is 0 Å². The molecule has 0 aliphatic heterocycles. The first-order chi connectivity index (χ1) is 5.95. The van der Waals surface area contributed by atoms with Gasteiger partial charge in [-0.1, -0.05) is 12.2 Å². The van der Waals surface area contributed by atoms with E-state index in [4.69, 9.17) is 46.4 Å². The predicted molar refractivity (Wildman–Crippen MR) is 56.6 cm³/mol. The third kappa shape index (κ3) is 1.07. The van der Waals surface area contributed by atoms with Gasteiger partial charge in [-0.2, -0.15) is 0 Å². The zero-order chi connectivity index (χ0) is 9.43. The quantitative estimate of drug-likeness (QED) is 0.458. The zero-order valence-electron chi connectivity index (χ0n) is 6.68. The minimum atomic E-state index is -0.548. The second-order valence-electron chi connectivity index (χ2n) is 4.23. The van der Waals surface area contributed by atoms with E-state index in [1.807, 2.05) is 0 Å². The summed E-state index contributed by atoms with van der Waals surface area (Å²) in [6.45, 7) is 0. The van der Waals surface area contributed by atoms with Gasteiger partial charge in [0, 0.05) is 23.7 Å². The second kappa shape index (κ2) is 2.35. The van der Waals surface area contributed by atoms with Crippen LogP contribution in [-0.4, -0.2) is 8.67 Å². The number of halogens is 4. The molecule has 2 fully saturated rings. The Bertz CT molecular complexity index is 266. The number of fused-ring (bicyclic) bond motifs is 2. The summed E-state index contributed by atoms with van der Waals surface area (Å²) in [5.41, 5.74) is 0. The van der Waals surface area contributed by atoms with Crippen LogP contribution in [0.2, 0.25) is 0 Å². The lowest BCUT2D eigenvalue weighted by Crippen LogP contribution is -1.96. The van der Waals surface area contributed by atoms with Crippen LogP contribution in [0, 0.1) is 23.7 Å². The average molecular weight is 258 g/mol. The van der Waals surface area contributed by atoms with Crippen LogP contribution < -0.4 is 0 Å². The fourth-order valence-corrected chi connectivity index (χ4v) is 4.02.